The van der Waals surface area contributed by atoms with Crippen LogP contribution >= 0.6 is 0 Å². The Kier molecular flexibility index (Phi) is 4.26. The number of rotatable bonds is 3. The third-order valence-corrected chi connectivity index (χ3v) is 6.55. The summed E-state index contributed by atoms with van der Waals surface area (Å²) in [5.74, 6) is 0.653. The number of piperidine rings is 1. The summed E-state index contributed by atoms with van der Waals surface area (Å²) in [6, 6.07) is 0. The average molecular weight is 290 g/mol. The summed E-state index contributed by atoms with van der Waals surface area (Å²) in [6.45, 7) is 7.93. The van der Waals surface area contributed by atoms with Crippen LogP contribution in [0.4, 0.5) is 0 Å². The second-order valence-electron chi connectivity index (χ2n) is 6.59. The standard InChI is InChI=1S/C13H26N2O3S/c1-11-4-7-14(8-5-11)19(17,18)15-9-6-12(10-15)13(2,3)16/h11-12,16H,4-10H2,1-3H3. The molecule has 0 aromatic heterocycles. The van der Waals surface area contributed by atoms with E-state index in [1.807, 2.05) is 0 Å². The lowest BCUT2D eigenvalue weighted by molar-refractivity contribution is 0.0235. The molecule has 0 saturated carbocycles. The van der Waals surface area contributed by atoms with E-state index in [2.05, 4.69) is 6.92 Å². The molecule has 0 amide bonds. The van der Waals surface area contributed by atoms with E-state index in [-0.39, 0.29) is 5.92 Å². The normalized spacial score (nSPS) is 28.9. The van der Waals surface area contributed by atoms with Crippen molar-refractivity contribution < 1.29 is 13.5 Å². The summed E-state index contributed by atoms with van der Waals surface area (Å²) in [6.07, 6.45) is 2.64. The summed E-state index contributed by atoms with van der Waals surface area (Å²) in [5.41, 5.74) is -0.805. The van der Waals surface area contributed by atoms with Crippen molar-refractivity contribution in [2.45, 2.75) is 45.6 Å². The molecule has 2 aliphatic heterocycles. The highest BCUT2D eigenvalue weighted by atomic mass is 32.2. The van der Waals surface area contributed by atoms with Crippen molar-refractivity contribution in [3.8, 4) is 0 Å². The number of hydrogen-bond acceptors (Lipinski definition) is 3. The third-order valence-electron chi connectivity index (χ3n) is 4.55. The molecule has 6 heteroatoms. The highest BCUT2D eigenvalue weighted by molar-refractivity contribution is 7.86. The summed E-state index contributed by atoms with van der Waals surface area (Å²) in [5, 5.41) is 10.0. The van der Waals surface area contributed by atoms with E-state index in [0.29, 0.717) is 32.1 Å². The Labute approximate surface area is 116 Å². The Hall–Kier alpha value is -0.170. The van der Waals surface area contributed by atoms with Crippen molar-refractivity contribution in [2.75, 3.05) is 26.2 Å². The van der Waals surface area contributed by atoms with Gasteiger partial charge in [0.05, 0.1) is 5.60 Å². The molecule has 0 aliphatic carbocycles. The largest absolute Gasteiger partial charge is 0.390 e. The topological polar surface area (TPSA) is 60.9 Å². The molecule has 1 atom stereocenters. The molecule has 1 N–H and O–H groups in total. The molecule has 1 unspecified atom stereocenters. The van der Waals surface area contributed by atoms with Gasteiger partial charge in [-0.15, -0.1) is 0 Å². The fourth-order valence-corrected chi connectivity index (χ4v) is 4.60. The first-order valence-corrected chi connectivity index (χ1v) is 8.58. The second kappa shape index (κ2) is 5.31. The molecular formula is C13H26N2O3S. The minimum absolute atomic E-state index is 0.0333. The van der Waals surface area contributed by atoms with Crippen LogP contribution in [0.2, 0.25) is 0 Å². The summed E-state index contributed by atoms with van der Waals surface area (Å²) in [4.78, 5) is 0. The van der Waals surface area contributed by atoms with Gasteiger partial charge < -0.3 is 5.11 Å². The Morgan fingerprint density at radius 3 is 2.05 bits per heavy atom. The van der Waals surface area contributed by atoms with Gasteiger partial charge in [-0.1, -0.05) is 6.92 Å². The van der Waals surface area contributed by atoms with E-state index < -0.39 is 15.8 Å². The number of hydrogen-bond donors (Lipinski definition) is 1. The molecule has 2 saturated heterocycles. The molecule has 2 heterocycles. The second-order valence-corrected chi connectivity index (χ2v) is 8.52. The summed E-state index contributed by atoms with van der Waals surface area (Å²) < 4.78 is 28.2. The molecule has 2 rings (SSSR count). The first-order chi connectivity index (χ1) is 8.71. The fourth-order valence-electron chi connectivity index (χ4n) is 2.89. The molecular weight excluding hydrogens is 264 g/mol. The maximum atomic E-state index is 12.5. The van der Waals surface area contributed by atoms with Crippen LogP contribution in [0.5, 0.6) is 0 Å². The van der Waals surface area contributed by atoms with E-state index >= 15 is 0 Å². The van der Waals surface area contributed by atoms with Gasteiger partial charge in [0.1, 0.15) is 0 Å². The van der Waals surface area contributed by atoms with Gasteiger partial charge >= 0.3 is 0 Å². The van der Waals surface area contributed by atoms with Crippen LogP contribution in [0.3, 0.4) is 0 Å². The predicted molar refractivity (Wildman–Crippen MR) is 74.9 cm³/mol. The molecule has 19 heavy (non-hydrogen) atoms. The Bertz CT molecular complexity index is 408. The van der Waals surface area contributed by atoms with Gasteiger partial charge in [0.25, 0.3) is 10.2 Å². The molecule has 2 aliphatic rings. The zero-order chi connectivity index (χ0) is 14.3. The van der Waals surface area contributed by atoms with Crippen LogP contribution in [0.25, 0.3) is 0 Å². The molecule has 0 spiro atoms. The minimum Gasteiger partial charge on any atom is -0.390 e. The van der Waals surface area contributed by atoms with Gasteiger partial charge in [-0.2, -0.15) is 17.0 Å². The SMILES string of the molecule is CC1CCN(S(=O)(=O)N2CCC(C(C)(C)O)C2)CC1. The zero-order valence-corrected chi connectivity index (χ0v) is 13.0. The molecule has 0 radical (unpaired) electrons. The highest BCUT2D eigenvalue weighted by Gasteiger charge is 2.41. The smallest absolute Gasteiger partial charge is 0.281 e. The lowest BCUT2D eigenvalue weighted by Crippen LogP contribution is -2.46. The number of nitrogens with zero attached hydrogens (tertiary/aromatic N) is 2. The quantitative estimate of drug-likeness (QED) is 0.845. The van der Waals surface area contributed by atoms with E-state index in [4.69, 9.17) is 0 Å². The fraction of sp³-hybridized carbons (Fsp3) is 1.00. The average Bonchev–Trinajstić information content (AvgIpc) is 2.79. The molecule has 5 nitrogen and oxygen atoms in total. The Morgan fingerprint density at radius 2 is 1.58 bits per heavy atom. The van der Waals surface area contributed by atoms with Crippen LogP contribution in [0.1, 0.15) is 40.0 Å². The van der Waals surface area contributed by atoms with Crippen molar-refractivity contribution in [1.29, 1.82) is 0 Å². The highest BCUT2D eigenvalue weighted by Crippen LogP contribution is 2.30. The van der Waals surface area contributed by atoms with Gasteiger partial charge in [0.2, 0.25) is 0 Å². The molecule has 0 aromatic carbocycles. The maximum absolute atomic E-state index is 12.5. The Morgan fingerprint density at radius 1 is 1.05 bits per heavy atom. The minimum atomic E-state index is -3.32. The van der Waals surface area contributed by atoms with Gasteiger partial charge in [0.15, 0.2) is 0 Å². The molecule has 2 fully saturated rings. The summed E-state index contributed by atoms with van der Waals surface area (Å²) >= 11 is 0. The van der Waals surface area contributed by atoms with Crippen LogP contribution in [0.15, 0.2) is 0 Å². The zero-order valence-electron chi connectivity index (χ0n) is 12.2. The maximum Gasteiger partial charge on any atom is 0.281 e. The van der Waals surface area contributed by atoms with E-state index in [0.717, 1.165) is 19.3 Å². The van der Waals surface area contributed by atoms with Crippen molar-refractivity contribution >= 4 is 10.2 Å². The first-order valence-electron chi connectivity index (χ1n) is 7.19. The molecule has 0 aromatic rings. The first kappa shape index (κ1) is 15.2. The molecule has 0 bridgehead atoms. The Balaban J connectivity index is 2.02. The lowest BCUT2D eigenvalue weighted by Gasteiger charge is -2.33. The van der Waals surface area contributed by atoms with Crippen molar-refractivity contribution in [3.63, 3.8) is 0 Å². The van der Waals surface area contributed by atoms with Crippen LogP contribution in [-0.2, 0) is 10.2 Å². The van der Waals surface area contributed by atoms with Gasteiger partial charge in [0, 0.05) is 32.1 Å². The summed E-state index contributed by atoms with van der Waals surface area (Å²) in [7, 11) is -3.32. The van der Waals surface area contributed by atoms with E-state index in [9.17, 15) is 13.5 Å². The van der Waals surface area contributed by atoms with Crippen molar-refractivity contribution in [3.05, 3.63) is 0 Å². The van der Waals surface area contributed by atoms with E-state index in [1.165, 1.54) is 0 Å². The van der Waals surface area contributed by atoms with Crippen LogP contribution in [-0.4, -0.2) is 53.9 Å². The van der Waals surface area contributed by atoms with E-state index in [1.54, 1.807) is 22.5 Å². The number of aliphatic hydroxyl groups is 1. The van der Waals surface area contributed by atoms with Gasteiger partial charge in [-0.05, 0) is 39.0 Å². The lowest BCUT2D eigenvalue weighted by atomic mass is 9.91. The van der Waals surface area contributed by atoms with Crippen molar-refractivity contribution in [2.24, 2.45) is 11.8 Å². The monoisotopic (exact) mass is 290 g/mol. The third kappa shape index (κ3) is 3.29. The molecule has 112 valence electrons. The van der Waals surface area contributed by atoms with Gasteiger partial charge in [-0.25, -0.2) is 0 Å². The van der Waals surface area contributed by atoms with Crippen molar-refractivity contribution in [1.82, 2.24) is 8.61 Å². The van der Waals surface area contributed by atoms with Crippen LogP contribution in [0, 0.1) is 11.8 Å². The van der Waals surface area contributed by atoms with Gasteiger partial charge in [-0.3, -0.25) is 0 Å². The van der Waals surface area contributed by atoms with Crippen LogP contribution < -0.4 is 0 Å². The predicted octanol–water partition coefficient (Wildman–Crippen LogP) is 1.06.